The Hall–Kier alpha value is -3.13. The molecule has 4 aromatic rings. The molecule has 0 bridgehead atoms. The van der Waals surface area contributed by atoms with Crippen LogP contribution in [-0.2, 0) is 9.53 Å². The summed E-state index contributed by atoms with van der Waals surface area (Å²) >= 11 is 1.21. The highest BCUT2D eigenvalue weighted by molar-refractivity contribution is 8.00. The smallest absolute Gasteiger partial charge is 0.316 e. The van der Waals surface area contributed by atoms with Gasteiger partial charge in [0, 0.05) is 28.4 Å². The molecular formula is C23H21N3O4S. The van der Waals surface area contributed by atoms with Gasteiger partial charge in [-0.15, -0.1) is 0 Å². The zero-order valence-electron chi connectivity index (χ0n) is 17.3. The molecule has 7 nitrogen and oxygen atoms in total. The van der Waals surface area contributed by atoms with E-state index in [-0.39, 0.29) is 18.1 Å². The van der Waals surface area contributed by atoms with E-state index in [2.05, 4.69) is 14.5 Å². The summed E-state index contributed by atoms with van der Waals surface area (Å²) < 4.78 is 13.3. The van der Waals surface area contributed by atoms with Gasteiger partial charge in [-0.1, -0.05) is 23.9 Å². The first-order chi connectivity index (χ1) is 15.0. The fourth-order valence-electron chi connectivity index (χ4n) is 3.95. The molecule has 158 valence electrons. The maximum Gasteiger partial charge on any atom is 0.316 e. The van der Waals surface area contributed by atoms with Crippen molar-refractivity contribution in [1.29, 1.82) is 0 Å². The number of aryl methyl sites for hydroxylation is 1. The number of furan rings is 1. The number of benzene rings is 1. The molecular weight excluding hydrogens is 414 g/mol. The minimum Gasteiger partial charge on any atom is -0.457 e. The summed E-state index contributed by atoms with van der Waals surface area (Å²) in [7, 11) is 0. The summed E-state index contributed by atoms with van der Waals surface area (Å²) in [5, 5.41) is 1.47. The van der Waals surface area contributed by atoms with E-state index in [1.54, 1.807) is 0 Å². The second kappa shape index (κ2) is 7.85. The van der Waals surface area contributed by atoms with Gasteiger partial charge in [0.15, 0.2) is 12.2 Å². The van der Waals surface area contributed by atoms with Crippen LogP contribution in [0.15, 0.2) is 46.1 Å². The second-order valence-electron chi connectivity index (χ2n) is 7.71. The summed E-state index contributed by atoms with van der Waals surface area (Å²) in [6.45, 7) is 3.69. The molecule has 0 aliphatic heterocycles. The molecule has 0 radical (unpaired) electrons. The van der Waals surface area contributed by atoms with Crippen LogP contribution in [0.3, 0.4) is 0 Å². The number of ether oxygens (including phenoxy) is 1. The van der Waals surface area contributed by atoms with E-state index in [0.717, 1.165) is 35.2 Å². The molecule has 0 atom stereocenters. The Balaban J connectivity index is 1.23. The van der Waals surface area contributed by atoms with E-state index in [1.807, 2.05) is 44.2 Å². The molecule has 1 fully saturated rings. The third-order valence-electron chi connectivity index (χ3n) is 5.51. The number of Topliss-reactive ketones (excluding diaryl/α,β-unsaturated/α-hetero) is 1. The number of carbonyl (C=O) groups is 2. The van der Waals surface area contributed by atoms with Gasteiger partial charge in [0.25, 0.3) is 0 Å². The lowest BCUT2D eigenvalue weighted by Gasteiger charge is -2.08. The lowest BCUT2D eigenvalue weighted by atomic mass is 10.1. The van der Waals surface area contributed by atoms with Gasteiger partial charge >= 0.3 is 5.97 Å². The highest BCUT2D eigenvalue weighted by Gasteiger charge is 2.28. The van der Waals surface area contributed by atoms with Gasteiger partial charge in [-0.3, -0.25) is 9.59 Å². The van der Waals surface area contributed by atoms with Crippen LogP contribution < -0.4 is 0 Å². The number of thioether (sulfide) groups is 1. The van der Waals surface area contributed by atoms with Crippen LogP contribution in [0.1, 0.15) is 40.6 Å². The summed E-state index contributed by atoms with van der Waals surface area (Å²) in [6.07, 6.45) is 3.76. The zero-order chi connectivity index (χ0) is 21.5. The summed E-state index contributed by atoms with van der Waals surface area (Å²) in [6, 6.07) is 10.00. The fraction of sp³-hybridized carbons (Fsp3) is 0.304. The average Bonchev–Trinajstić information content (AvgIpc) is 3.46. The molecule has 8 heteroatoms. The lowest BCUT2D eigenvalue weighted by molar-refractivity contribution is -0.139. The molecule has 0 spiro atoms. The molecule has 1 saturated carbocycles. The molecule has 31 heavy (non-hydrogen) atoms. The average molecular weight is 436 g/mol. The van der Waals surface area contributed by atoms with Crippen LogP contribution in [0.2, 0.25) is 0 Å². The van der Waals surface area contributed by atoms with Gasteiger partial charge < -0.3 is 13.7 Å². The van der Waals surface area contributed by atoms with Crippen molar-refractivity contribution < 1.29 is 18.7 Å². The molecule has 0 saturated heterocycles. The maximum absolute atomic E-state index is 12.6. The number of fused-ring (bicyclic) bond motifs is 3. The first kappa shape index (κ1) is 19.8. The third kappa shape index (κ3) is 3.72. The van der Waals surface area contributed by atoms with E-state index in [0.29, 0.717) is 27.7 Å². The lowest BCUT2D eigenvalue weighted by Crippen LogP contribution is -2.16. The Kier molecular flexibility index (Phi) is 5.02. The molecule has 1 aliphatic rings. The van der Waals surface area contributed by atoms with E-state index >= 15 is 0 Å². The van der Waals surface area contributed by atoms with Crippen molar-refractivity contribution in [3.8, 4) is 0 Å². The molecule has 1 aromatic carbocycles. The van der Waals surface area contributed by atoms with Crippen molar-refractivity contribution in [2.45, 2.75) is 37.8 Å². The fourth-order valence-corrected chi connectivity index (χ4v) is 4.68. The number of hydrogen-bond acceptors (Lipinski definition) is 7. The minimum absolute atomic E-state index is 0.0253. The van der Waals surface area contributed by atoms with Crippen LogP contribution in [0.5, 0.6) is 0 Å². The zero-order valence-corrected chi connectivity index (χ0v) is 18.1. The SMILES string of the molecule is Cc1cc(C(=O)COC(=O)CSc2ncnc3c2oc2ccccc23)c(C)n1C1CC1. The van der Waals surface area contributed by atoms with Crippen LogP contribution in [0.4, 0.5) is 0 Å². The third-order valence-corrected chi connectivity index (χ3v) is 6.46. The van der Waals surface area contributed by atoms with Crippen LogP contribution >= 0.6 is 11.8 Å². The maximum atomic E-state index is 12.6. The highest BCUT2D eigenvalue weighted by atomic mass is 32.2. The normalized spacial score (nSPS) is 13.7. The monoisotopic (exact) mass is 435 g/mol. The van der Waals surface area contributed by atoms with Gasteiger partial charge in [0.1, 0.15) is 22.5 Å². The Bertz CT molecular complexity index is 1320. The van der Waals surface area contributed by atoms with E-state index < -0.39 is 5.97 Å². The Morgan fingerprint density at radius 1 is 1.23 bits per heavy atom. The quantitative estimate of drug-likeness (QED) is 0.181. The van der Waals surface area contributed by atoms with Gasteiger partial charge in [-0.05, 0) is 44.9 Å². The number of rotatable bonds is 7. The van der Waals surface area contributed by atoms with Gasteiger partial charge in [0.05, 0.1) is 5.75 Å². The van der Waals surface area contributed by atoms with Gasteiger partial charge in [0.2, 0.25) is 5.78 Å². The van der Waals surface area contributed by atoms with Crippen LogP contribution in [-0.4, -0.2) is 38.6 Å². The van der Waals surface area contributed by atoms with Crippen molar-refractivity contribution in [1.82, 2.24) is 14.5 Å². The summed E-state index contributed by atoms with van der Waals surface area (Å²) in [5.41, 5.74) is 4.63. The number of para-hydroxylation sites is 1. The van der Waals surface area contributed by atoms with E-state index in [9.17, 15) is 9.59 Å². The van der Waals surface area contributed by atoms with Gasteiger partial charge in [-0.2, -0.15) is 0 Å². The number of esters is 1. The molecule has 3 heterocycles. The van der Waals surface area contributed by atoms with Crippen molar-refractivity contribution in [3.63, 3.8) is 0 Å². The predicted octanol–water partition coefficient (Wildman–Crippen LogP) is 4.65. The van der Waals surface area contributed by atoms with Crippen LogP contribution in [0.25, 0.3) is 22.1 Å². The Labute approximate surface area is 182 Å². The number of aromatic nitrogens is 3. The summed E-state index contributed by atoms with van der Waals surface area (Å²) in [5.74, 6) is -0.630. The van der Waals surface area contributed by atoms with Crippen molar-refractivity contribution in [2.24, 2.45) is 0 Å². The number of carbonyl (C=O) groups excluding carboxylic acids is 2. The van der Waals surface area contributed by atoms with Crippen molar-refractivity contribution in [2.75, 3.05) is 12.4 Å². The van der Waals surface area contributed by atoms with E-state index in [1.165, 1.54) is 18.1 Å². The molecule has 0 amide bonds. The molecule has 0 unspecified atom stereocenters. The molecule has 0 N–H and O–H groups in total. The van der Waals surface area contributed by atoms with Crippen molar-refractivity contribution in [3.05, 3.63) is 53.6 Å². The highest BCUT2D eigenvalue weighted by Crippen LogP contribution is 2.38. The van der Waals surface area contributed by atoms with Crippen molar-refractivity contribution >= 4 is 45.6 Å². The number of hydrogen-bond donors (Lipinski definition) is 0. The predicted molar refractivity (Wildman–Crippen MR) is 118 cm³/mol. The largest absolute Gasteiger partial charge is 0.457 e. The second-order valence-corrected chi connectivity index (χ2v) is 8.68. The number of ketones is 1. The Morgan fingerprint density at radius 3 is 2.84 bits per heavy atom. The minimum atomic E-state index is -0.475. The number of nitrogens with zero attached hydrogens (tertiary/aromatic N) is 3. The first-order valence-electron chi connectivity index (χ1n) is 10.1. The standard InChI is InChI=1S/C23H21N3O4S/c1-13-9-17(14(2)26(13)15-7-8-15)18(27)10-29-20(28)11-31-23-22-21(24-12-25-23)16-5-3-4-6-19(16)30-22/h3-6,9,12,15H,7-8,10-11H2,1-2H3. The topological polar surface area (TPSA) is 87.2 Å². The molecule has 5 rings (SSSR count). The molecule has 3 aromatic heterocycles. The summed E-state index contributed by atoms with van der Waals surface area (Å²) in [4.78, 5) is 33.4. The van der Waals surface area contributed by atoms with Crippen LogP contribution in [0, 0.1) is 13.8 Å². The van der Waals surface area contributed by atoms with Gasteiger partial charge in [-0.25, -0.2) is 9.97 Å². The molecule has 1 aliphatic carbocycles. The van der Waals surface area contributed by atoms with E-state index in [4.69, 9.17) is 9.15 Å². The first-order valence-corrected chi connectivity index (χ1v) is 11.1. The Morgan fingerprint density at radius 2 is 2.03 bits per heavy atom.